The molecule has 2 heterocycles. The first-order valence-corrected chi connectivity index (χ1v) is 6.65. The van der Waals surface area contributed by atoms with Crippen molar-refractivity contribution in [2.45, 2.75) is 26.1 Å². The third-order valence-corrected chi connectivity index (χ3v) is 4.10. The van der Waals surface area contributed by atoms with Crippen LogP contribution in [0, 0.1) is 0 Å². The number of carbonyl (C=O) groups is 2. The fourth-order valence-corrected chi connectivity index (χ4v) is 2.61. The highest BCUT2D eigenvalue weighted by atomic mass is 16.5. The molecule has 0 fully saturated rings. The van der Waals surface area contributed by atoms with Crippen LogP contribution in [0.4, 0.5) is 0 Å². The highest BCUT2D eigenvalue weighted by molar-refractivity contribution is 6.20. The normalized spacial score (nSPS) is 30.1. The Balaban J connectivity index is 1.96. The maximum absolute atomic E-state index is 11.9. The lowest BCUT2D eigenvalue weighted by atomic mass is 9.92. The Bertz CT molecular complexity index is 554. The molecule has 2 atom stereocenters. The minimum atomic E-state index is -0.165. The van der Waals surface area contributed by atoms with Crippen molar-refractivity contribution in [3.05, 3.63) is 46.6 Å². The largest absolute Gasteiger partial charge is 0.365 e. The molecule has 2 bridgehead atoms. The smallest absolute Gasteiger partial charge is 0.184 e. The second kappa shape index (κ2) is 4.96. The first kappa shape index (κ1) is 13.2. The van der Waals surface area contributed by atoms with Crippen molar-refractivity contribution in [3.8, 4) is 0 Å². The van der Waals surface area contributed by atoms with Gasteiger partial charge in [0.15, 0.2) is 11.6 Å². The summed E-state index contributed by atoms with van der Waals surface area (Å²) >= 11 is 0. The molecule has 0 spiro atoms. The van der Waals surface area contributed by atoms with E-state index in [1.165, 1.54) is 12.2 Å². The summed E-state index contributed by atoms with van der Waals surface area (Å²) < 4.78 is 11.6. The molecule has 0 aromatic carbocycles. The van der Waals surface area contributed by atoms with Crippen LogP contribution in [0.25, 0.3) is 0 Å². The zero-order valence-corrected chi connectivity index (χ0v) is 11.5. The van der Waals surface area contributed by atoms with Crippen LogP contribution in [0.1, 0.15) is 13.8 Å². The summed E-state index contributed by atoms with van der Waals surface area (Å²) in [6, 6.07) is 0. The fourth-order valence-electron chi connectivity index (χ4n) is 2.61. The highest BCUT2D eigenvalue weighted by Crippen LogP contribution is 2.27. The van der Waals surface area contributed by atoms with E-state index in [2.05, 4.69) is 0 Å². The van der Waals surface area contributed by atoms with Gasteiger partial charge in [-0.05, 0) is 37.1 Å². The van der Waals surface area contributed by atoms with Gasteiger partial charge in [0.25, 0.3) is 0 Å². The minimum absolute atomic E-state index is 0.137. The maximum atomic E-state index is 11.9. The molecule has 4 heteroatoms. The third kappa shape index (κ3) is 2.11. The Hall–Kier alpha value is -1.78. The lowest BCUT2D eigenvalue weighted by Crippen LogP contribution is -2.30. The van der Waals surface area contributed by atoms with E-state index < -0.39 is 0 Å². The number of ether oxygens (including phenoxy) is 2. The van der Waals surface area contributed by atoms with Crippen molar-refractivity contribution in [2.75, 3.05) is 13.2 Å². The molecule has 0 radical (unpaired) electrons. The van der Waals surface area contributed by atoms with E-state index in [1.54, 1.807) is 0 Å². The Kier molecular flexibility index (Phi) is 3.28. The molecule has 104 valence electrons. The first-order valence-electron chi connectivity index (χ1n) is 6.65. The van der Waals surface area contributed by atoms with Crippen molar-refractivity contribution in [1.29, 1.82) is 0 Å². The molecule has 0 saturated heterocycles. The number of allylic oxidation sites excluding steroid dienone is 2. The third-order valence-electron chi connectivity index (χ3n) is 4.10. The number of carbonyl (C=O) groups excluding carboxylic acids is 2. The van der Waals surface area contributed by atoms with Gasteiger partial charge >= 0.3 is 0 Å². The lowest BCUT2D eigenvalue weighted by molar-refractivity contribution is -0.116. The Labute approximate surface area is 117 Å². The van der Waals surface area contributed by atoms with Gasteiger partial charge in [-0.1, -0.05) is 12.2 Å². The Morgan fingerprint density at radius 3 is 1.65 bits per heavy atom. The molecule has 4 aliphatic rings. The van der Waals surface area contributed by atoms with Gasteiger partial charge in [-0.3, -0.25) is 9.59 Å². The van der Waals surface area contributed by atoms with Crippen molar-refractivity contribution in [2.24, 2.45) is 0 Å². The molecular formula is C16H16O4. The monoisotopic (exact) mass is 272 g/mol. The zero-order valence-electron chi connectivity index (χ0n) is 11.5. The van der Waals surface area contributed by atoms with Gasteiger partial charge in [-0.15, -0.1) is 0 Å². The van der Waals surface area contributed by atoms with Crippen molar-refractivity contribution >= 4 is 11.6 Å². The molecule has 2 aliphatic carbocycles. The SMILES string of the molecule is CC1=C(C)C2C=CC1OCC1=C(CO2)C(=O)C=CC1=O. The zero-order chi connectivity index (χ0) is 14.3. The lowest BCUT2D eigenvalue weighted by Gasteiger charge is -2.29. The predicted octanol–water partition coefficient (Wildman–Crippen LogP) is 1.68. The molecule has 4 nitrogen and oxygen atoms in total. The Morgan fingerprint density at radius 2 is 1.25 bits per heavy atom. The van der Waals surface area contributed by atoms with Gasteiger partial charge in [-0.2, -0.15) is 0 Å². The second-order valence-corrected chi connectivity index (χ2v) is 5.23. The maximum Gasteiger partial charge on any atom is 0.184 e. The van der Waals surface area contributed by atoms with Crippen LogP contribution in [0.2, 0.25) is 0 Å². The van der Waals surface area contributed by atoms with Crippen molar-refractivity contribution < 1.29 is 19.1 Å². The first-order chi connectivity index (χ1) is 9.58. The average Bonchev–Trinajstić information content (AvgIpc) is 2.45. The van der Waals surface area contributed by atoms with Gasteiger partial charge in [0.2, 0.25) is 0 Å². The van der Waals surface area contributed by atoms with Crippen LogP contribution < -0.4 is 0 Å². The van der Waals surface area contributed by atoms with Crippen LogP contribution in [0.5, 0.6) is 0 Å². The van der Waals surface area contributed by atoms with Crippen LogP contribution >= 0.6 is 0 Å². The fraction of sp³-hybridized carbons (Fsp3) is 0.375. The molecule has 0 aromatic heterocycles. The minimum Gasteiger partial charge on any atom is -0.365 e. The molecule has 0 amide bonds. The van der Waals surface area contributed by atoms with E-state index in [0.717, 1.165) is 11.1 Å². The van der Waals surface area contributed by atoms with E-state index in [-0.39, 0.29) is 37.0 Å². The van der Waals surface area contributed by atoms with Gasteiger partial charge in [0.1, 0.15) is 0 Å². The summed E-state index contributed by atoms with van der Waals surface area (Å²) in [5, 5.41) is 0. The van der Waals surface area contributed by atoms with Gasteiger partial charge < -0.3 is 9.47 Å². The molecule has 0 aromatic rings. The molecule has 2 aliphatic heterocycles. The summed E-state index contributed by atoms with van der Waals surface area (Å²) in [5.41, 5.74) is 3.05. The van der Waals surface area contributed by atoms with Crippen molar-refractivity contribution in [1.82, 2.24) is 0 Å². The topological polar surface area (TPSA) is 52.6 Å². The summed E-state index contributed by atoms with van der Waals surface area (Å²) in [7, 11) is 0. The van der Waals surface area contributed by atoms with Gasteiger partial charge in [0.05, 0.1) is 25.4 Å². The number of hydrogen-bond acceptors (Lipinski definition) is 4. The average molecular weight is 272 g/mol. The number of rotatable bonds is 0. The van der Waals surface area contributed by atoms with Gasteiger partial charge in [0, 0.05) is 11.1 Å². The molecule has 4 rings (SSSR count). The second-order valence-electron chi connectivity index (χ2n) is 5.23. The standard InChI is InChI=1S/C16H16O4/c1-9-10(2)16-6-5-15(9)19-7-11-12(8-20-16)14(18)4-3-13(11)17/h3-6,15-16H,7-8H2,1-2H3. The highest BCUT2D eigenvalue weighted by Gasteiger charge is 2.28. The molecular weight excluding hydrogens is 256 g/mol. The Morgan fingerprint density at radius 1 is 0.850 bits per heavy atom. The summed E-state index contributed by atoms with van der Waals surface area (Å²) in [4.78, 5) is 23.9. The summed E-state index contributed by atoms with van der Waals surface area (Å²) in [6.45, 7) is 4.28. The predicted molar refractivity (Wildman–Crippen MR) is 73.2 cm³/mol. The molecule has 0 N–H and O–H groups in total. The van der Waals surface area contributed by atoms with Crippen LogP contribution in [-0.4, -0.2) is 37.0 Å². The summed E-state index contributed by atoms with van der Waals surface area (Å²) in [5.74, 6) is -0.330. The number of hydrogen-bond donors (Lipinski definition) is 0. The molecule has 0 saturated carbocycles. The van der Waals surface area contributed by atoms with E-state index in [1.807, 2.05) is 26.0 Å². The van der Waals surface area contributed by atoms with E-state index >= 15 is 0 Å². The number of ketones is 2. The number of fused-ring (bicyclic) bond motifs is 2. The summed E-state index contributed by atoms with van der Waals surface area (Å²) in [6.07, 6.45) is 6.19. The molecule has 20 heavy (non-hydrogen) atoms. The van der Waals surface area contributed by atoms with E-state index in [9.17, 15) is 9.59 Å². The van der Waals surface area contributed by atoms with Crippen LogP contribution in [-0.2, 0) is 19.1 Å². The van der Waals surface area contributed by atoms with Crippen LogP contribution in [0.3, 0.4) is 0 Å². The van der Waals surface area contributed by atoms with E-state index in [4.69, 9.17) is 9.47 Å². The molecule has 2 unspecified atom stereocenters. The van der Waals surface area contributed by atoms with Crippen molar-refractivity contribution in [3.63, 3.8) is 0 Å². The quantitative estimate of drug-likeness (QED) is 0.497. The van der Waals surface area contributed by atoms with Gasteiger partial charge in [-0.25, -0.2) is 0 Å². The van der Waals surface area contributed by atoms with E-state index in [0.29, 0.717) is 11.1 Å². The van der Waals surface area contributed by atoms with Crippen LogP contribution in [0.15, 0.2) is 46.6 Å².